The predicted octanol–water partition coefficient (Wildman–Crippen LogP) is 2.11. The molecule has 6 nitrogen and oxygen atoms in total. The summed E-state index contributed by atoms with van der Waals surface area (Å²) in [6.45, 7) is 4.82. The van der Waals surface area contributed by atoms with Gasteiger partial charge in [-0.3, -0.25) is 4.79 Å². The number of carbonyl (C=O) groups excluding carboxylic acids is 1. The second kappa shape index (κ2) is 4.20. The van der Waals surface area contributed by atoms with Gasteiger partial charge in [-0.15, -0.1) is 0 Å². The van der Waals surface area contributed by atoms with Gasteiger partial charge >= 0.3 is 0 Å². The van der Waals surface area contributed by atoms with Crippen molar-refractivity contribution in [2.45, 2.75) is 38.2 Å². The molecule has 0 aromatic heterocycles. The molecule has 0 N–H and O–H groups in total. The minimum absolute atomic E-state index is 0.0805. The number of Topliss-reactive ketones (excluding diaryl/α,β-unsaturated/α-hetero) is 1. The van der Waals surface area contributed by atoms with Crippen molar-refractivity contribution in [3.63, 3.8) is 0 Å². The Morgan fingerprint density at radius 1 is 1.22 bits per heavy atom. The SMILES string of the molecule is CC1(C)OC2=C(N3CC3c3ccc4c(c3)OCO4)CC(=O)[C@H]2O1. The molecule has 0 amide bonds. The third-order valence-electron chi connectivity index (χ3n) is 4.65. The molecule has 0 radical (unpaired) electrons. The maximum Gasteiger partial charge on any atom is 0.231 e. The molecule has 1 aliphatic carbocycles. The van der Waals surface area contributed by atoms with Crippen molar-refractivity contribution in [2.75, 3.05) is 13.3 Å². The lowest BCUT2D eigenvalue weighted by Gasteiger charge is -2.18. The van der Waals surface area contributed by atoms with Crippen LogP contribution < -0.4 is 9.47 Å². The van der Waals surface area contributed by atoms with Gasteiger partial charge in [0.2, 0.25) is 12.6 Å². The molecule has 1 aromatic carbocycles. The first-order chi connectivity index (χ1) is 11.0. The number of carbonyl (C=O) groups is 1. The van der Waals surface area contributed by atoms with Crippen molar-refractivity contribution >= 4 is 5.78 Å². The van der Waals surface area contributed by atoms with E-state index in [1.165, 1.54) is 0 Å². The van der Waals surface area contributed by atoms with Crippen LogP contribution in [-0.2, 0) is 14.3 Å². The van der Waals surface area contributed by atoms with E-state index in [9.17, 15) is 4.79 Å². The number of fused-ring (bicyclic) bond motifs is 2. The maximum absolute atomic E-state index is 12.2. The summed E-state index contributed by atoms with van der Waals surface area (Å²) in [7, 11) is 0. The fraction of sp³-hybridized carbons (Fsp3) is 0.471. The molecule has 2 atom stereocenters. The molecular weight excluding hydrogens is 298 g/mol. The molecule has 1 aromatic rings. The van der Waals surface area contributed by atoms with E-state index in [0.29, 0.717) is 12.2 Å². The van der Waals surface area contributed by atoms with Crippen LogP contribution in [0.1, 0.15) is 31.9 Å². The van der Waals surface area contributed by atoms with Crippen molar-refractivity contribution < 1.29 is 23.7 Å². The van der Waals surface area contributed by atoms with Gasteiger partial charge in [0, 0.05) is 20.4 Å². The zero-order chi connectivity index (χ0) is 15.8. The Hall–Kier alpha value is -2.21. The van der Waals surface area contributed by atoms with Crippen LogP contribution in [-0.4, -0.2) is 35.9 Å². The summed E-state index contributed by atoms with van der Waals surface area (Å²) in [6, 6.07) is 6.26. The lowest BCUT2D eigenvalue weighted by molar-refractivity contribution is -0.151. The summed E-state index contributed by atoms with van der Waals surface area (Å²) in [5.41, 5.74) is 2.13. The number of ether oxygens (including phenoxy) is 4. The lowest BCUT2D eigenvalue weighted by Crippen LogP contribution is -2.25. The first kappa shape index (κ1) is 13.2. The molecule has 6 heteroatoms. The van der Waals surface area contributed by atoms with Crippen molar-refractivity contribution in [3.05, 3.63) is 35.2 Å². The molecule has 5 rings (SSSR count). The molecule has 0 spiro atoms. The maximum atomic E-state index is 12.2. The lowest BCUT2D eigenvalue weighted by atomic mass is 10.1. The van der Waals surface area contributed by atoms with Gasteiger partial charge in [-0.05, 0) is 17.7 Å². The highest BCUT2D eigenvalue weighted by atomic mass is 16.7. The Labute approximate surface area is 133 Å². The van der Waals surface area contributed by atoms with Crippen LogP contribution in [0.5, 0.6) is 11.5 Å². The molecule has 3 aliphatic heterocycles. The van der Waals surface area contributed by atoms with Gasteiger partial charge in [-0.1, -0.05) is 6.07 Å². The number of benzene rings is 1. The van der Waals surface area contributed by atoms with Gasteiger partial charge in [0.05, 0.1) is 18.2 Å². The van der Waals surface area contributed by atoms with E-state index in [4.69, 9.17) is 18.9 Å². The van der Waals surface area contributed by atoms with Crippen LogP contribution in [0.2, 0.25) is 0 Å². The first-order valence-corrected chi connectivity index (χ1v) is 7.81. The highest BCUT2D eigenvalue weighted by Crippen LogP contribution is 2.49. The quantitative estimate of drug-likeness (QED) is 0.779. The number of ketones is 1. The smallest absolute Gasteiger partial charge is 0.231 e. The minimum Gasteiger partial charge on any atom is -0.462 e. The van der Waals surface area contributed by atoms with Crippen molar-refractivity contribution in [3.8, 4) is 11.5 Å². The first-order valence-electron chi connectivity index (χ1n) is 7.81. The van der Waals surface area contributed by atoms with E-state index in [2.05, 4.69) is 4.90 Å². The third-order valence-corrected chi connectivity index (χ3v) is 4.65. The normalized spacial score (nSPS) is 29.8. The average Bonchev–Trinajstić information content (AvgIpc) is 2.88. The Balaban J connectivity index is 1.42. The highest BCUT2D eigenvalue weighted by Gasteiger charge is 2.52. The van der Waals surface area contributed by atoms with Crippen LogP contribution in [0.4, 0.5) is 0 Å². The van der Waals surface area contributed by atoms with Crippen LogP contribution in [0.3, 0.4) is 0 Å². The van der Waals surface area contributed by atoms with E-state index in [1.807, 2.05) is 32.0 Å². The monoisotopic (exact) mass is 315 g/mol. The number of hydrogen-bond acceptors (Lipinski definition) is 6. The van der Waals surface area contributed by atoms with Crippen molar-refractivity contribution in [2.24, 2.45) is 0 Å². The topological polar surface area (TPSA) is 57.0 Å². The molecule has 0 bridgehead atoms. The van der Waals surface area contributed by atoms with E-state index in [1.54, 1.807) is 0 Å². The zero-order valence-corrected chi connectivity index (χ0v) is 13.0. The number of rotatable bonds is 2. The molecule has 4 aliphatic rings. The average molecular weight is 315 g/mol. The summed E-state index contributed by atoms with van der Waals surface area (Å²) in [4.78, 5) is 14.4. The van der Waals surface area contributed by atoms with Gasteiger partial charge in [-0.2, -0.15) is 0 Å². The summed E-state index contributed by atoms with van der Waals surface area (Å²) in [5.74, 6) is 1.62. The van der Waals surface area contributed by atoms with Crippen LogP contribution in [0, 0.1) is 0 Å². The molecule has 1 unspecified atom stereocenters. The minimum atomic E-state index is -0.731. The van der Waals surface area contributed by atoms with E-state index >= 15 is 0 Å². The highest BCUT2D eigenvalue weighted by molar-refractivity contribution is 5.91. The number of allylic oxidation sites excluding steroid dienone is 1. The molecule has 2 fully saturated rings. The molecule has 2 saturated heterocycles. The van der Waals surface area contributed by atoms with Gasteiger partial charge in [0.15, 0.2) is 29.1 Å². The summed E-state index contributed by atoms with van der Waals surface area (Å²) in [5, 5.41) is 0. The second-order valence-corrected chi connectivity index (χ2v) is 6.73. The van der Waals surface area contributed by atoms with Gasteiger partial charge in [0.1, 0.15) is 0 Å². The zero-order valence-electron chi connectivity index (χ0n) is 13.0. The van der Waals surface area contributed by atoms with E-state index < -0.39 is 11.9 Å². The molecule has 23 heavy (non-hydrogen) atoms. The van der Waals surface area contributed by atoms with Crippen LogP contribution in [0.25, 0.3) is 0 Å². The molecule has 120 valence electrons. The molecule has 3 heterocycles. The molecule has 0 saturated carbocycles. The standard InChI is InChI=1S/C17H17NO5/c1-17(2)22-15-10(6-12(19)16(15)23-17)18-7-11(18)9-3-4-13-14(5-9)21-8-20-13/h3-5,11,16H,6-8H2,1-2H3/t11?,16-,18?/m1/s1. The third kappa shape index (κ3) is 1.94. The van der Waals surface area contributed by atoms with E-state index in [0.717, 1.165) is 29.3 Å². The van der Waals surface area contributed by atoms with E-state index in [-0.39, 0.29) is 18.6 Å². The fourth-order valence-corrected chi connectivity index (χ4v) is 3.53. The summed E-state index contributed by atoms with van der Waals surface area (Å²) >= 11 is 0. The summed E-state index contributed by atoms with van der Waals surface area (Å²) in [6.07, 6.45) is -0.144. The summed E-state index contributed by atoms with van der Waals surface area (Å²) < 4.78 is 22.4. The molecular formula is C17H17NO5. The van der Waals surface area contributed by atoms with Gasteiger partial charge in [-0.25, -0.2) is 0 Å². The predicted molar refractivity (Wildman–Crippen MR) is 78.7 cm³/mol. The van der Waals surface area contributed by atoms with Gasteiger partial charge < -0.3 is 23.8 Å². The van der Waals surface area contributed by atoms with Gasteiger partial charge in [0.25, 0.3) is 0 Å². The second-order valence-electron chi connectivity index (χ2n) is 6.73. The fourth-order valence-electron chi connectivity index (χ4n) is 3.53. The largest absolute Gasteiger partial charge is 0.462 e. The Morgan fingerprint density at radius 3 is 2.91 bits per heavy atom. The van der Waals surface area contributed by atoms with Crippen molar-refractivity contribution in [1.82, 2.24) is 4.90 Å². The number of hydrogen-bond donors (Lipinski definition) is 0. The Kier molecular flexibility index (Phi) is 2.42. The van der Waals surface area contributed by atoms with Crippen molar-refractivity contribution in [1.29, 1.82) is 0 Å². The van der Waals surface area contributed by atoms with Crippen LogP contribution in [0.15, 0.2) is 29.7 Å². The van der Waals surface area contributed by atoms with Crippen LogP contribution >= 0.6 is 0 Å². The Morgan fingerprint density at radius 2 is 2.04 bits per heavy atom. The Bertz CT molecular complexity index is 753. The number of nitrogens with zero attached hydrogens (tertiary/aromatic N) is 1.